The topological polar surface area (TPSA) is 75.3 Å². The number of anilines is 2. The lowest BCUT2D eigenvalue weighted by molar-refractivity contribution is -0.114. The van der Waals surface area contributed by atoms with Gasteiger partial charge in [0.1, 0.15) is 0 Å². The van der Waals surface area contributed by atoms with Crippen LogP contribution < -0.4 is 10.0 Å². The molecule has 0 aliphatic heterocycles. The first-order chi connectivity index (χ1) is 15.4. The molecule has 0 radical (unpaired) electrons. The number of halogens is 1. The highest BCUT2D eigenvalue weighted by atomic mass is 35.5. The molecular weight excluding hydrogens is 456 g/mol. The second-order valence-corrected chi connectivity index (χ2v) is 13.5. The lowest BCUT2D eigenvalue weighted by Gasteiger charge is -2.65. The highest BCUT2D eigenvalue weighted by Gasteiger charge is 2.60. The van der Waals surface area contributed by atoms with Crippen molar-refractivity contribution in [2.45, 2.75) is 69.6 Å². The van der Waals surface area contributed by atoms with E-state index < -0.39 is 10.0 Å². The highest BCUT2D eigenvalue weighted by molar-refractivity contribution is 7.92. The summed E-state index contributed by atoms with van der Waals surface area (Å²) in [7, 11) is -3.81. The van der Waals surface area contributed by atoms with Gasteiger partial charge in [0, 0.05) is 12.6 Å². The molecule has 33 heavy (non-hydrogen) atoms. The van der Waals surface area contributed by atoms with Crippen molar-refractivity contribution in [3.05, 3.63) is 53.1 Å². The first-order valence-electron chi connectivity index (χ1n) is 11.6. The van der Waals surface area contributed by atoms with Crippen LogP contribution in [0.2, 0.25) is 5.02 Å². The first-order valence-corrected chi connectivity index (χ1v) is 13.5. The fraction of sp³-hybridized carbons (Fsp3) is 0.500. The molecule has 2 atom stereocenters. The van der Waals surface area contributed by atoms with E-state index in [-0.39, 0.29) is 16.2 Å². The Morgan fingerprint density at radius 2 is 1.61 bits per heavy atom. The molecule has 1 amide bonds. The van der Waals surface area contributed by atoms with Gasteiger partial charge in [-0.2, -0.15) is 0 Å². The molecular formula is C26H31ClN2O3S. The minimum Gasteiger partial charge on any atom is -0.326 e. The third kappa shape index (κ3) is 4.17. The van der Waals surface area contributed by atoms with Crippen LogP contribution in [0.1, 0.15) is 64.9 Å². The molecule has 2 unspecified atom stereocenters. The average Bonchev–Trinajstić information content (AvgIpc) is 2.66. The molecule has 0 saturated heterocycles. The van der Waals surface area contributed by atoms with E-state index in [0.717, 1.165) is 5.92 Å². The number of sulfonamides is 1. The zero-order valence-corrected chi connectivity index (χ0v) is 20.9. The molecule has 4 fully saturated rings. The Kier molecular flexibility index (Phi) is 5.15. The molecule has 2 aromatic rings. The molecule has 4 bridgehead atoms. The first kappa shape index (κ1) is 22.7. The molecule has 4 aliphatic carbocycles. The van der Waals surface area contributed by atoms with Gasteiger partial charge >= 0.3 is 0 Å². The van der Waals surface area contributed by atoms with Gasteiger partial charge < -0.3 is 5.32 Å². The van der Waals surface area contributed by atoms with Gasteiger partial charge in [0.25, 0.3) is 10.0 Å². The number of hydrogen-bond acceptors (Lipinski definition) is 3. The quantitative estimate of drug-likeness (QED) is 0.517. The van der Waals surface area contributed by atoms with E-state index in [1.165, 1.54) is 63.1 Å². The Balaban J connectivity index is 1.39. The second-order valence-electron chi connectivity index (χ2n) is 11.4. The third-order valence-electron chi connectivity index (χ3n) is 7.94. The van der Waals surface area contributed by atoms with Gasteiger partial charge in [-0.05, 0) is 103 Å². The number of rotatable bonds is 5. The largest absolute Gasteiger partial charge is 0.326 e. The Morgan fingerprint density at radius 1 is 0.970 bits per heavy atom. The smallest absolute Gasteiger partial charge is 0.261 e. The molecule has 7 heteroatoms. The van der Waals surface area contributed by atoms with Crippen LogP contribution in [0.4, 0.5) is 11.4 Å². The summed E-state index contributed by atoms with van der Waals surface area (Å²) in [5, 5.41) is 3.06. The standard InChI is InChI=1S/C26H31ClN2O3S/c1-17(30)28-20-5-7-21(8-6-20)33(31,32)29-23-9-4-19(10-22(23)27)26-13-18-11-24(2,15-26)14-25(3,12-18)16-26/h4-10,18,29H,11-16H2,1-3H3,(H,28,30). The summed E-state index contributed by atoms with van der Waals surface area (Å²) < 4.78 is 28.5. The molecule has 2 N–H and O–H groups in total. The molecule has 0 aromatic heterocycles. The minimum atomic E-state index is -3.81. The van der Waals surface area contributed by atoms with Crippen molar-refractivity contribution in [2.24, 2.45) is 16.7 Å². The lowest BCUT2D eigenvalue weighted by Crippen LogP contribution is -2.56. The van der Waals surface area contributed by atoms with Crippen molar-refractivity contribution in [1.29, 1.82) is 0 Å². The van der Waals surface area contributed by atoms with E-state index >= 15 is 0 Å². The van der Waals surface area contributed by atoms with Crippen LogP contribution >= 0.6 is 11.6 Å². The Morgan fingerprint density at radius 3 is 2.15 bits per heavy atom. The maximum Gasteiger partial charge on any atom is 0.261 e. The number of hydrogen-bond donors (Lipinski definition) is 2. The van der Waals surface area contributed by atoms with Crippen LogP contribution in [0.15, 0.2) is 47.4 Å². The predicted molar refractivity (Wildman–Crippen MR) is 132 cm³/mol. The van der Waals surface area contributed by atoms with Crippen LogP contribution in [0.5, 0.6) is 0 Å². The fourth-order valence-corrected chi connectivity index (χ4v) is 9.19. The van der Waals surface area contributed by atoms with Gasteiger partial charge in [0.15, 0.2) is 0 Å². The number of carbonyl (C=O) groups is 1. The maximum absolute atomic E-state index is 12.9. The summed E-state index contributed by atoms with van der Waals surface area (Å²) in [6.07, 6.45) is 7.56. The van der Waals surface area contributed by atoms with Crippen LogP contribution in [0.3, 0.4) is 0 Å². The Bertz CT molecular complexity index is 1210. The predicted octanol–water partition coefficient (Wildman–Crippen LogP) is 6.35. The molecule has 2 aromatic carbocycles. The molecule has 6 rings (SSSR count). The fourth-order valence-electron chi connectivity index (χ4n) is 7.82. The van der Waals surface area contributed by atoms with E-state index in [1.807, 2.05) is 12.1 Å². The van der Waals surface area contributed by atoms with Crippen molar-refractivity contribution in [1.82, 2.24) is 0 Å². The summed E-state index contributed by atoms with van der Waals surface area (Å²) in [5.41, 5.74) is 3.10. The van der Waals surface area contributed by atoms with Crippen LogP contribution in [-0.2, 0) is 20.2 Å². The Labute approximate surface area is 201 Å². The van der Waals surface area contributed by atoms with Crippen LogP contribution in [0, 0.1) is 16.7 Å². The molecule has 4 saturated carbocycles. The molecule has 0 spiro atoms. The van der Waals surface area contributed by atoms with E-state index in [9.17, 15) is 13.2 Å². The number of amides is 1. The van der Waals surface area contributed by atoms with Gasteiger partial charge in [0.2, 0.25) is 5.91 Å². The van der Waals surface area contributed by atoms with Gasteiger partial charge in [0.05, 0.1) is 15.6 Å². The summed E-state index contributed by atoms with van der Waals surface area (Å²) in [4.78, 5) is 11.3. The summed E-state index contributed by atoms with van der Waals surface area (Å²) in [6.45, 7) is 6.31. The third-order valence-corrected chi connectivity index (χ3v) is 9.63. The zero-order chi connectivity index (χ0) is 23.6. The number of carbonyl (C=O) groups excluding carboxylic acids is 1. The van der Waals surface area contributed by atoms with Crippen molar-refractivity contribution >= 4 is 38.9 Å². The van der Waals surface area contributed by atoms with E-state index in [1.54, 1.807) is 12.1 Å². The van der Waals surface area contributed by atoms with Gasteiger partial charge in [-0.3, -0.25) is 9.52 Å². The minimum absolute atomic E-state index is 0.110. The lowest BCUT2D eigenvalue weighted by atomic mass is 9.39. The molecule has 176 valence electrons. The van der Waals surface area contributed by atoms with Crippen LogP contribution in [0.25, 0.3) is 0 Å². The monoisotopic (exact) mass is 486 g/mol. The average molecular weight is 487 g/mol. The molecule has 0 heterocycles. The SMILES string of the molecule is CC(=O)Nc1ccc(S(=O)(=O)Nc2ccc(C34CC5CC(C)(CC(C)(C5)C3)C4)cc2Cl)cc1. The van der Waals surface area contributed by atoms with Crippen molar-refractivity contribution in [3.8, 4) is 0 Å². The van der Waals surface area contributed by atoms with E-state index in [2.05, 4.69) is 30.0 Å². The van der Waals surface area contributed by atoms with Gasteiger partial charge in [-0.25, -0.2) is 8.42 Å². The summed E-state index contributed by atoms with van der Waals surface area (Å²) in [6, 6.07) is 11.9. The van der Waals surface area contributed by atoms with E-state index in [4.69, 9.17) is 11.6 Å². The second kappa shape index (κ2) is 7.47. The van der Waals surface area contributed by atoms with Gasteiger partial charge in [-0.1, -0.05) is 31.5 Å². The van der Waals surface area contributed by atoms with Gasteiger partial charge in [-0.15, -0.1) is 0 Å². The van der Waals surface area contributed by atoms with Crippen molar-refractivity contribution < 1.29 is 13.2 Å². The Hall–Kier alpha value is -2.05. The highest BCUT2D eigenvalue weighted by Crippen LogP contribution is 2.69. The van der Waals surface area contributed by atoms with E-state index in [0.29, 0.717) is 27.2 Å². The van der Waals surface area contributed by atoms with Crippen LogP contribution in [-0.4, -0.2) is 14.3 Å². The summed E-state index contributed by atoms with van der Waals surface area (Å²) >= 11 is 6.64. The maximum atomic E-state index is 12.9. The summed E-state index contributed by atoms with van der Waals surface area (Å²) in [5.74, 6) is 0.561. The van der Waals surface area contributed by atoms with Crippen molar-refractivity contribution in [3.63, 3.8) is 0 Å². The number of benzene rings is 2. The normalized spacial score (nSPS) is 32.5. The molecule has 4 aliphatic rings. The van der Waals surface area contributed by atoms with Crippen molar-refractivity contribution in [2.75, 3.05) is 10.0 Å². The number of nitrogens with one attached hydrogen (secondary N) is 2. The zero-order valence-electron chi connectivity index (χ0n) is 19.4. The molecule has 5 nitrogen and oxygen atoms in total.